The number of aromatic nitrogens is 1. The number of ether oxygens (including phenoxy) is 1. The van der Waals surface area contributed by atoms with E-state index in [0.29, 0.717) is 22.7 Å². The summed E-state index contributed by atoms with van der Waals surface area (Å²) in [6.07, 6.45) is 0. The number of phenolic OH excluding ortho intramolecular Hbond substituents is 1. The summed E-state index contributed by atoms with van der Waals surface area (Å²) in [6.45, 7) is 7.34. The SMILES string of the molecule is COc1nc2cc(O)c(Cl)cc2cc1C(C)=N[S+]([O-])C(C)(C)C. The van der Waals surface area contributed by atoms with E-state index in [9.17, 15) is 9.66 Å². The Kier molecular flexibility index (Phi) is 5.08. The fourth-order valence-corrected chi connectivity index (χ4v) is 2.68. The maximum absolute atomic E-state index is 12.2. The zero-order chi connectivity index (χ0) is 17.4. The molecule has 1 unspecified atom stereocenters. The molecule has 1 aromatic heterocycles. The fraction of sp³-hybridized carbons (Fsp3) is 0.375. The van der Waals surface area contributed by atoms with E-state index >= 15 is 0 Å². The second kappa shape index (κ2) is 6.55. The minimum Gasteiger partial charge on any atom is -0.591 e. The number of methoxy groups -OCH3 is 1. The van der Waals surface area contributed by atoms with Crippen molar-refractivity contribution in [3.8, 4) is 11.6 Å². The van der Waals surface area contributed by atoms with Crippen molar-refractivity contribution in [1.29, 1.82) is 0 Å². The number of benzene rings is 1. The van der Waals surface area contributed by atoms with E-state index in [1.165, 1.54) is 13.2 Å². The van der Waals surface area contributed by atoms with Gasteiger partial charge in [0.25, 0.3) is 0 Å². The van der Waals surface area contributed by atoms with Crippen LogP contribution in [-0.2, 0) is 11.4 Å². The van der Waals surface area contributed by atoms with Gasteiger partial charge in [-0.1, -0.05) is 16.0 Å². The molecule has 7 heteroatoms. The van der Waals surface area contributed by atoms with Crippen LogP contribution < -0.4 is 4.74 Å². The van der Waals surface area contributed by atoms with Gasteiger partial charge < -0.3 is 14.4 Å². The molecule has 1 N–H and O–H groups in total. The Hall–Kier alpha value is -1.50. The first-order valence-corrected chi connectivity index (χ1v) is 8.47. The average Bonchev–Trinajstić information content (AvgIpc) is 2.46. The Bertz CT molecular complexity index is 772. The monoisotopic (exact) mass is 354 g/mol. The van der Waals surface area contributed by atoms with Gasteiger partial charge in [0.15, 0.2) is 0 Å². The summed E-state index contributed by atoms with van der Waals surface area (Å²) in [5, 5.41) is 10.7. The molecule has 0 aliphatic rings. The maximum atomic E-state index is 12.2. The topological polar surface area (TPSA) is 77.8 Å². The third-order valence-corrected chi connectivity index (χ3v) is 4.97. The van der Waals surface area contributed by atoms with Gasteiger partial charge in [0.05, 0.1) is 23.2 Å². The number of fused-ring (bicyclic) bond motifs is 1. The number of halogens is 1. The van der Waals surface area contributed by atoms with E-state index in [2.05, 4.69) is 9.38 Å². The van der Waals surface area contributed by atoms with Crippen molar-refractivity contribution >= 4 is 39.6 Å². The van der Waals surface area contributed by atoms with Gasteiger partial charge >= 0.3 is 0 Å². The molecule has 124 valence electrons. The number of phenols is 1. The van der Waals surface area contributed by atoms with Crippen molar-refractivity contribution in [2.24, 2.45) is 4.40 Å². The zero-order valence-electron chi connectivity index (χ0n) is 13.7. The zero-order valence-corrected chi connectivity index (χ0v) is 15.2. The summed E-state index contributed by atoms with van der Waals surface area (Å²) in [6, 6.07) is 4.91. The van der Waals surface area contributed by atoms with Gasteiger partial charge in [0.1, 0.15) is 27.6 Å². The second-order valence-corrected chi connectivity index (χ2v) is 8.39. The smallest absolute Gasteiger partial charge is 0.223 e. The standard InChI is InChI=1S/C16H19ClN2O3S/c1-9(19-23(21)16(2,3)4)11-6-10-7-12(17)14(20)8-13(10)18-15(11)22-5/h6-8,20H,1-5H3. The molecule has 2 aromatic rings. The van der Waals surface area contributed by atoms with E-state index in [0.717, 1.165) is 5.39 Å². The molecule has 1 aromatic carbocycles. The maximum Gasteiger partial charge on any atom is 0.223 e. The summed E-state index contributed by atoms with van der Waals surface area (Å²) in [7, 11) is 1.50. The first-order valence-electron chi connectivity index (χ1n) is 6.98. The van der Waals surface area contributed by atoms with Crippen LogP contribution in [0.5, 0.6) is 11.6 Å². The molecule has 0 saturated carbocycles. The van der Waals surface area contributed by atoms with Gasteiger partial charge in [-0.05, 0) is 39.8 Å². The minimum absolute atomic E-state index is 0.0410. The van der Waals surface area contributed by atoms with Crippen LogP contribution in [0.4, 0.5) is 0 Å². The van der Waals surface area contributed by atoms with Gasteiger partial charge in [-0.3, -0.25) is 0 Å². The van der Waals surface area contributed by atoms with Crippen molar-refractivity contribution in [2.75, 3.05) is 7.11 Å². The molecule has 0 amide bonds. The largest absolute Gasteiger partial charge is 0.591 e. The molecule has 0 bridgehead atoms. The second-order valence-electron chi connectivity index (χ2n) is 6.08. The highest BCUT2D eigenvalue weighted by Gasteiger charge is 2.27. The number of nitrogens with zero attached hydrogens (tertiary/aromatic N) is 2. The minimum atomic E-state index is -1.38. The van der Waals surface area contributed by atoms with E-state index in [1.54, 1.807) is 13.0 Å². The summed E-state index contributed by atoms with van der Waals surface area (Å²) in [5.41, 5.74) is 1.75. The van der Waals surface area contributed by atoms with Crippen LogP contribution in [0.15, 0.2) is 22.6 Å². The third kappa shape index (κ3) is 3.88. The van der Waals surface area contributed by atoms with Gasteiger partial charge in [-0.25, -0.2) is 4.98 Å². The first kappa shape index (κ1) is 17.8. The normalized spacial score (nSPS) is 14.1. The third-order valence-electron chi connectivity index (χ3n) is 3.18. The summed E-state index contributed by atoms with van der Waals surface area (Å²) in [5.74, 6) is 0.312. The predicted octanol–water partition coefficient (Wildman–Crippen LogP) is 3.87. The molecular formula is C16H19ClN2O3S. The average molecular weight is 355 g/mol. The van der Waals surface area contributed by atoms with Crippen LogP contribution >= 0.6 is 11.6 Å². The highest BCUT2D eigenvalue weighted by Crippen LogP contribution is 2.31. The van der Waals surface area contributed by atoms with E-state index in [1.807, 2.05) is 26.8 Å². The Labute approximate surface area is 143 Å². The summed E-state index contributed by atoms with van der Waals surface area (Å²) >= 11 is 4.57. The fourth-order valence-electron chi connectivity index (χ4n) is 1.89. The van der Waals surface area contributed by atoms with E-state index < -0.39 is 16.1 Å². The molecule has 0 aliphatic carbocycles. The highest BCUT2D eigenvalue weighted by atomic mass is 35.5. The quantitative estimate of drug-likeness (QED) is 0.670. The predicted molar refractivity (Wildman–Crippen MR) is 95.1 cm³/mol. The molecule has 0 aliphatic heterocycles. The van der Waals surface area contributed by atoms with Crippen LogP contribution in [0, 0.1) is 0 Å². The molecule has 23 heavy (non-hydrogen) atoms. The molecule has 0 radical (unpaired) electrons. The van der Waals surface area contributed by atoms with Crippen molar-refractivity contribution in [3.05, 3.63) is 28.8 Å². The van der Waals surface area contributed by atoms with Gasteiger partial charge in [0, 0.05) is 11.5 Å². The Morgan fingerprint density at radius 1 is 1.35 bits per heavy atom. The Morgan fingerprint density at radius 2 is 2.00 bits per heavy atom. The lowest BCUT2D eigenvalue weighted by atomic mass is 10.1. The number of rotatable bonds is 3. The molecule has 2 rings (SSSR count). The summed E-state index contributed by atoms with van der Waals surface area (Å²) in [4.78, 5) is 4.37. The van der Waals surface area contributed by atoms with E-state index in [-0.39, 0.29) is 10.8 Å². The molecule has 5 nitrogen and oxygen atoms in total. The van der Waals surface area contributed by atoms with Crippen LogP contribution in [0.1, 0.15) is 33.3 Å². The van der Waals surface area contributed by atoms with Gasteiger partial charge in [0.2, 0.25) is 5.88 Å². The molecule has 0 spiro atoms. The van der Waals surface area contributed by atoms with Crippen LogP contribution in [-0.4, -0.2) is 32.2 Å². The molecule has 1 atom stereocenters. The molecule has 1 heterocycles. The van der Waals surface area contributed by atoms with Gasteiger partial charge in [-0.15, -0.1) is 0 Å². The highest BCUT2D eigenvalue weighted by molar-refractivity contribution is 7.91. The van der Waals surface area contributed by atoms with Crippen LogP contribution in [0.3, 0.4) is 0 Å². The number of pyridine rings is 1. The van der Waals surface area contributed by atoms with E-state index in [4.69, 9.17) is 16.3 Å². The van der Waals surface area contributed by atoms with Gasteiger partial charge in [-0.2, -0.15) is 0 Å². The van der Waals surface area contributed by atoms with Crippen molar-refractivity contribution in [1.82, 2.24) is 4.98 Å². The van der Waals surface area contributed by atoms with Crippen molar-refractivity contribution in [2.45, 2.75) is 32.4 Å². The lowest BCUT2D eigenvalue weighted by Crippen LogP contribution is -2.26. The van der Waals surface area contributed by atoms with Crippen LogP contribution in [0.25, 0.3) is 10.9 Å². The number of hydrogen-bond donors (Lipinski definition) is 1. The molecular weight excluding hydrogens is 336 g/mol. The van der Waals surface area contributed by atoms with Crippen molar-refractivity contribution < 1.29 is 14.4 Å². The lowest BCUT2D eigenvalue weighted by Gasteiger charge is -2.19. The Balaban J connectivity index is 2.59. The van der Waals surface area contributed by atoms with Crippen LogP contribution in [0.2, 0.25) is 5.02 Å². The first-order chi connectivity index (χ1) is 10.6. The lowest BCUT2D eigenvalue weighted by molar-refractivity contribution is 0.398. The summed E-state index contributed by atoms with van der Waals surface area (Å²) < 4.78 is 21.3. The molecule has 0 saturated heterocycles. The number of hydrogen-bond acceptors (Lipinski definition) is 5. The Morgan fingerprint density at radius 3 is 2.57 bits per heavy atom. The molecule has 0 fully saturated rings. The number of aromatic hydroxyl groups is 1. The van der Waals surface area contributed by atoms with Crippen molar-refractivity contribution in [3.63, 3.8) is 0 Å².